The minimum Gasteiger partial charge on any atom is -0.466 e. The Labute approximate surface area is 165 Å². The van der Waals surface area contributed by atoms with Crippen molar-refractivity contribution >= 4 is 45.9 Å². The summed E-state index contributed by atoms with van der Waals surface area (Å²) in [5.74, 6) is -1.94. The first-order valence-corrected chi connectivity index (χ1v) is 9.20. The van der Waals surface area contributed by atoms with Crippen LogP contribution in [-0.4, -0.2) is 42.0 Å². The zero-order valence-corrected chi connectivity index (χ0v) is 16.1. The molecular formula is C18H19N3O6S. The fourth-order valence-electron chi connectivity index (χ4n) is 2.10. The SMILES string of the molecule is CCOC(=O)Cc1csc(NC(=O)COC(=O)c2cccc(NC(C)=O)c2)n1. The van der Waals surface area contributed by atoms with Gasteiger partial charge in [0.15, 0.2) is 11.7 Å². The first-order valence-electron chi connectivity index (χ1n) is 8.32. The molecule has 10 heteroatoms. The predicted molar refractivity (Wildman–Crippen MR) is 102 cm³/mol. The Hall–Kier alpha value is -3.27. The van der Waals surface area contributed by atoms with Crippen molar-refractivity contribution in [1.82, 2.24) is 4.98 Å². The van der Waals surface area contributed by atoms with Crippen LogP contribution in [0.1, 0.15) is 29.9 Å². The molecule has 0 saturated carbocycles. The van der Waals surface area contributed by atoms with Crippen LogP contribution in [0.25, 0.3) is 0 Å². The van der Waals surface area contributed by atoms with Gasteiger partial charge < -0.3 is 14.8 Å². The standard InChI is InChI=1S/C18H19N3O6S/c1-3-26-16(24)8-14-10-28-18(20-14)21-15(23)9-27-17(25)12-5-4-6-13(7-12)19-11(2)22/h4-7,10H,3,8-9H2,1-2H3,(H,19,22)(H,20,21,23). The lowest BCUT2D eigenvalue weighted by Gasteiger charge is -2.07. The number of ether oxygens (including phenoxy) is 2. The summed E-state index contributed by atoms with van der Waals surface area (Å²) in [5.41, 5.74) is 1.12. The Balaban J connectivity index is 1.84. The molecule has 1 aromatic carbocycles. The average molecular weight is 405 g/mol. The van der Waals surface area contributed by atoms with Crippen molar-refractivity contribution in [2.45, 2.75) is 20.3 Å². The summed E-state index contributed by atoms with van der Waals surface area (Å²) in [6, 6.07) is 6.17. The maximum atomic E-state index is 12.0. The number of hydrogen-bond donors (Lipinski definition) is 2. The molecule has 148 valence electrons. The number of aromatic nitrogens is 1. The number of carbonyl (C=O) groups is 4. The second kappa shape index (κ2) is 10.2. The second-order valence-corrected chi connectivity index (χ2v) is 6.37. The second-order valence-electron chi connectivity index (χ2n) is 5.51. The van der Waals surface area contributed by atoms with E-state index in [9.17, 15) is 19.2 Å². The van der Waals surface area contributed by atoms with Crippen LogP contribution in [0.3, 0.4) is 0 Å². The van der Waals surface area contributed by atoms with Gasteiger partial charge in [0.2, 0.25) is 5.91 Å². The van der Waals surface area contributed by atoms with Gasteiger partial charge in [-0.15, -0.1) is 11.3 Å². The summed E-state index contributed by atoms with van der Waals surface area (Å²) in [5, 5.41) is 6.97. The molecule has 0 bridgehead atoms. The van der Waals surface area contributed by atoms with E-state index < -0.39 is 24.5 Å². The lowest BCUT2D eigenvalue weighted by atomic mass is 10.2. The van der Waals surface area contributed by atoms with Crippen molar-refractivity contribution in [2.24, 2.45) is 0 Å². The van der Waals surface area contributed by atoms with E-state index in [2.05, 4.69) is 15.6 Å². The van der Waals surface area contributed by atoms with Crippen LogP contribution in [0.2, 0.25) is 0 Å². The van der Waals surface area contributed by atoms with Crippen molar-refractivity contribution < 1.29 is 28.7 Å². The summed E-state index contributed by atoms with van der Waals surface area (Å²) < 4.78 is 9.79. The van der Waals surface area contributed by atoms with Crippen LogP contribution >= 0.6 is 11.3 Å². The Kier molecular flexibility index (Phi) is 7.64. The first kappa shape index (κ1) is 21.0. The minimum absolute atomic E-state index is 0.0137. The van der Waals surface area contributed by atoms with E-state index in [4.69, 9.17) is 9.47 Å². The fourth-order valence-corrected chi connectivity index (χ4v) is 2.83. The quantitative estimate of drug-likeness (QED) is 0.644. The van der Waals surface area contributed by atoms with Gasteiger partial charge in [-0.3, -0.25) is 19.7 Å². The van der Waals surface area contributed by atoms with E-state index in [-0.39, 0.29) is 29.6 Å². The first-order chi connectivity index (χ1) is 13.4. The third-order valence-electron chi connectivity index (χ3n) is 3.18. The topological polar surface area (TPSA) is 124 Å². The third kappa shape index (κ3) is 6.80. The Morgan fingerprint density at radius 2 is 1.93 bits per heavy atom. The lowest BCUT2D eigenvalue weighted by Crippen LogP contribution is -2.21. The zero-order valence-electron chi connectivity index (χ0n) is 15.3. The summed E-state index contributed by atoms with van der Waals surface area (Å²) in [7, 11) is 0. The van der Waals surface area contributed by atoms with Crippen molar-refractivity contribution in [3.05, 3.63) is 40.9 Å². The van der Waals surface area contributed by atoms with Crippen molar-refractivity contribution in [1.29, 1.82) is 0 Å². The number of hydrogen-bond acceptors (Lipinski definition) is 8. The van der Waals surface area contributed by atoms with Gasteiger partial charge in [-0.2, -0.15) is 0 Å². The molecule has 2 rings (SSSR count). The molecule has 0 unspecified atom stereocenters. The molecule has 1 aromatic heterocycles. The largest absolute Gasteiger partial charge is 0.466 e. The van der Waals surface area contributed by atoms with Gasteiger partial charge in [0.05, 0.1) is 24.3 Å². The molecule has 2 amide bonds. The third-order valence-corrected chi connectivity index (χ3v) is 3.99. The number of benzene rings is 1. The van der Waals surface area contributed by atoms with E-state index in [1.165, 1.54) is 19.1 Å². The van der Waals surface area contributed by atoms with Gasteiger partial charge in [-0.25, -0.2) is 9.78 Å². The summed E-state index contributed by atoms with van der Waals surface area (Å²) in [4.78, 5) is 50.6. The van der Waals surface area contributed by atoms with E-state index in [0.717, 1.165) is 11.3 Å². The van der Waals surface area contributed by atoms with Gasteiger partial charge in [0.25, 0.3) is 5.91 Å². The van der Waals surface area contributed by atoms with Crippen LogP contribution in [0.5, 0.6) is 0 Å². The van der Waals surface area contributed by atoms with Gasteiger partial charge in [-0.1, -0.05) is 6.07 Å². The molecule has 0 aliphatic carbocycles. The highest BCUT2D eigenvalue weighted by Gasteiger charge is 2.13. The molecule has 2 aromatic rings. The maximum Gasteiger partial charge on any atom is 0.338 e. The number of esters is 2. The molecule has 28 heavy (non-hydrogen) atoms. The van der Waals surface area contributed by atoms with Crippen LogP contribution < -0.4 is 10.6 Å². The summed E-state index contributed by atoms with van der Waals surface area (Å²) >= 11 is 1.14. The van der Waals surface area contributed by atoms with Crippen LogP contribution in [0.15, 0.2) is 29.6 Å². The van der Waals surface area contributed by atoms with Crippen LogP contribution in [0.4, 0.5) is 10.8 Å². The number of nitrogens with zero attached hydrogens (tertiary/aromatic N) is 1. The summed E-state index contributed by atoms with van der Waals surface area (Å²) in [6.45, 7) is 2.84. The number of rotatable bonds is 8. The number of nitrogens with one attached hydrogen (secondary N) is 2. The lowest BCUT2D eigenvalue weighted by molar-refractivity contribution is -0.142. The highest BCUT2D eigenvalue weighted by Crippen LogP contribution is 2.16. The highest BCUT2D eigenvalue weighted by atomic mass is 32.1. The normalized spacial score (nSPS) is 10.1. The van der Waals surface area contributed by atoms with Gasteiger partial charge in [0, 0.05) is 18.0 Å². The average Bonchev–Trinajstić information content (AvgIpc) is 3.06. The molecule has 0 aliphatic rings. The molecule has 0 atom stereocenters. The Morgan fingerprint density at radius 3 is 2.64 bits per heavy atom. The van der Waals surface area contributed by atoms with Crippen molar-refractivity contribution in [3.8, 4) is 0 Å². The molecular weight excluding hydrogens is 386 g/mol. The zero-order chi connectivity index (χ0) is 20.5. The van der Waals surface area contributed by atoms with Gasteiger partial charge in [-0.05, 0) is 25.1 Å². The maximum absolute atomic E-state index is 12.0. The highest BCUT2D eigenvalue weighted by molar-refractivity contribution is 7.13. The number of amides is 2. The molecule has 0 saturated heterocycles. The molecule has 0 radical (unpaired) electrons. The predicted octanol–water partition coefficient (Wildman–Crippen LogP) is 2.00. The van der Waals surface area contributed by atoms with Crippen molar-refractivity contribution in [3.63, 3.8) is 0 Å². The van der Waals surface area contributed by atoms with Crippen molar-refractivity contribution in [2.75, 3.05) is 23.8 Å². The number of thiazole rings is 1. The molecule has 9 nitrogen and oxygen atoms in total. The Bertz CT molecular complexity index is 880. The molecule has 2 N–H and O–H groups in total. The van der Waals surface area contributed by atoms with E-state index in [1.807, 2.05) is 0 Å². The molecule has 0 fully saturated rings. The van der Waals surface area contributed by atoms with Gasteiger partial charge in [0.1, 0.15) is 0 Å². The molecule has 0 spiro atoms. The van der Waals surface area contributed by atoms with Gasteiger partial charge >= 0.3 is 11.9 Å². The smallest absolute Gasteiger partial charge is 0.338 e. The van der Waals surface area contributed by atoms with E-state index in [0.29, 0.717) is 11.4 Å². The number of anilines is 2. The van der Waals surface area contributed by atoms with Crippen LogP contribution in [0, 0.1) is 0 Å². The fraction of sp³-hybridized carbons (Fsp3) is 0.278. The minimum atomic E-state index is -0.704. The summed E-state index contributed by atoms with van der Waals surface area (Å²) in [6.07, 6.45) is 0.0137. The molecule has 1 heterocycles. The number of carbonyl (C=O) groups excluding carboxylic acids is 4. The molecule has 0 aliphatic heterocycles. The monoisotopic (exact) mass is 405 g/mol. The van der Waals surface area contributed by atoms with E-state index >= 15 is 0 Å². The van der Waals surface area contributed by atoms with Crippen LogP contribution in [-0.2, 0) is 30.3 Å². The van der Waals surface area contributed by atoms with E-state index in [1.54, 1.807) is 24.4 Å². The Morgan fingerprint density at radius 1 is 1.14 bits per heavy atom.